The maximum atomic E-state index is 12.0. The standard InChI is InChI=1S/C19H29N3O2/c23-18(15-6-2-1-3-7-15)10-12-20-19(24)21-16-11-13-22(14-16)17-8-4-5-9-17/h1-3,6-7,16-18,23H,4-5,8-14H2,(H2,20,21,24). The summed E-state index contributed by atoms with van der Waals surface area (Å²) in [4.78, 5) is 14.6. The van der Waals surface area contributed by atoms with Crippen LogP contribution in [0.25, 0.3) is 0 Å². The molecule has 0 aromatic heterocycles. The van der Waals surface area contributed by atoms with E-state index in [0.717, 1.165) is 31.1 Å². The molecular weight excluding hydrogens is 302 g/mol. The number of urea groups is 1. The molecule has 1 aliphatic carbocycles. The number of likely N-dealkylation sites (tertiary alicyclic amines) is 1. The van der Waals surface area contributed by atoms with E-state index in [1.165, 1.54) is 25.7 Å². The van der Waals surface area contributed by atoms with Crippen LogP contribution in [0.4, 0.5) is 4.79 Å². The third-order valence-electron chi connectivity index (χ3n) is 5.28. The molecule has 3 rings (SSSR count). The van der Waals surface area contributed by atoms with Crippen molar-refractivity contribution in [3.8, 4) is 0 Å². The Morgan fingerprint density at radius 1 is 1.21 bits per heavy atom. The van der Waals surface area contributed by atoms with Crippen LogP contribution in [0.15, 0.2) is 30.3 Å². The first-order valence-corrected chi connectivity index (χ1v) is 9.24. The van der Waals surface area contributed by atoms with Crippen molar-refractivity contribution in [1.82, 2.24) is 15.5 Å². The minimum atomic E-state index is -0.532. The van der Waals surface area contributed by atoms with E-state index in [4.69, 9.17) is 0 Å². The number of carbonyl (C=O) groups excluding carboxylic acids is 1. The third-order valence-corrected chi connectivity index (χ3v) is 5.28. The van der Waals surface area contributed by atoms with E-state index in [-0.39, 0.29) is 12.1 Å². The molecule has 5 heteroatoms. The van der Waals surface area contributed by atoms with E-state index in [1.54, 1.807) is 0 Å². The fourth-order valence-corrected chi connectivity index (χ4v) is 3.91. The molecule has 1 heterocycles. The molecule has 1 aromatic rings. The first kappa shape index (κ1) is 17.2. The summed E-state index contributed by atoms with van der Waals surface area (Å²) in [5, 5.41) is 16.0. The normalized spacial score (nSPS) is 23.3. The molecule has 2 atom stereocenters. The molecule has 0 bridgehead atoms. The van der Waals surface area contributed by atoms with Gasteiger partial charge in [-0.05, 0) is 31.2 Å². The summed E-state index contributed by atoms with van der Waals surface area (Å²) in [6, 6.07) is 10.4. The largest absolute Gasteiger partial charge is 0.388 e. The van der Waals surface area contributed by atoms with Gasteiger partial charge >= 0.3 is 6.03 Å². The maximum absolute atomic E-state index is 12.0. The van der Waals surface area contributed by atoms with Crippen LogP contribution in [0.5, 0.6) is 0 Å². The highest BCUT2D eigenvalue weighted by atomic mass is 16.3. The van der Waals surface area contributed by atoms with Gasteiger partial charge in [-0.1, -0.05) is 43.2 Å². The minimum absolute atomic E-state index is 0.117. The van der Waals surface area contributed by atoms with Crippen molar-refractivity contribution in [2.45, 2.75) is 56.7 Å². The molecule has 2 fully saturated rings. The van der Waals surface area contributed by atoms with Gasteiger partial charge in [0.2, 0.25) is 0 Å². The van der Waals surface area contributed by atoms with Gasteiger partial charge in [0.25, 0.3) is 0 Å². The van der Waals surface area contributed by atoms with Crippen molar-refractivity contribution in [3.05, 3.63) is 35.9 Å². The Morgan fingerprint density at radius 3 is 2.71 bits per heavy atom. The zero-order valence-corrected chi connectivity index (χ0v) is 14.3. The predicted octanol–water partition coefficient (Wildman–Crippen LogP) is 2.43. The molecule has 2 aliphatic rings. The molecule has 1 aliphatic heterocycles. The zero-order valence-electron chi connectivity index (χ0n) is 14.3. The number of amides is 2. The van der Waals surface area contributed by atoms with Crippen LogP contribution < -0.4 is 10.6 Å². The number of hydrogen-bond acceptors (Lipinski definition) is 3. The van der Waals surface area contributed by atoms with Gasteiger partial charge in [-0.15, -0.1) is 0 Å². The van der Waals surface area contributed by atoms with Crippen molar-refractivity contribution >= 4 is 6.03 Å². The second kappa shape index (κ2) is 8.49. The lowest BCUT2D eigenvalue weighted by Gasteiger charge is -2.23. The fourth-order valence-electron chi connectivity index (χ4n) is 3.91. The molecule has 1 saturated heterocycles. The first-order valence-electron chi connectivity index (χ1n) is 9.24. The van der Waals surface area contributed by atoms with Crippen LogP contribution in [-0.2, 0) is 0 Å². The molecule has 1 aromatic carbocycles. The van der Waals surface area contributed by atoms with Crippen LogP contribution >= 0.6 is 0 Å². The van der Waals surface area contributed by atoms with Crippen LogP contribution in [0.3, 0.4) is 0 Å². The Bertz CT molecular complexity index is 517. The van der Waals surface area contributed by atoms with Gasteiger partial charge in [-0.2, -0.15) is 0 Å². The average molecular weight is 331 g/mol. The lowest BCUT2D eigenvalue weighted by atomic mass is 10.1. The summed E-state index contributed by atoms with van der Waals surface area (Å²) >= 11 is 0. The fraction of sp³-hybridized carbons (Fsp3) is 0.632. The molecule has 0 spiro atoms. The molecule has 1 saturated carbocycles. The van der Waals surface area contributed by atoms with Gasteiger partial charge in [-0.25, -0.2) is 4.79 Å². The molecule has 3 N–H and O–H groups in total. The first-order chi connectivity index (χ1) is 11.7. The maximum Gasteiger partial charge on any atom is 0.315 e. The number of carbonyl (C=O) groups is 1. The summed E-state index contributed by atoms with van der Waals surface area (Å²) in [6.45, 7) is 2.55. The highest BCUT2D eigenvalue weighted by Gasteiger charge is 2.30. The monoisotopic (exact) mass is 331 g/mol. The Balaban J connectivity index is 1.33. The van der Waals surface area contributed by atoms with Crippen molar-refractivity contribution in [3.63, 3.8) is 0 Å². The number of nitrogens with zero attached hydrogens (tertiary/aromatic N) is 1. The summed E-state index contributed by atoms with van der Waals surface area (Å²) < 4.78 is 0. The molecule has 132 valence electrons. The van der Waals surface area contributed by atoms with Gasteiger partial charge in [0.15, 0.2) is 0 Å². The number of aliphatic hydroxyl groups is 1. The lowest BCUT2D eigenvalue weighted by Crippen LogP contribution is -2.44. The molecule has 2 amide bonds. The van der Waals surface area contributed by atoms with E-state index in [9.17, 15) is 9.90 Å². The Kier molecular flexibility index (Phi) is 6.10. The van der Waals surface area contributed by atoms with E-state index in [0.29, 0.717) is 13.0 Å². The van der Waals surface area contributed by atoms with Crippen LogP contribution in [0, 0.1) is 0 Å². The third kappa shape index (κ3) is 4.71. The summed E-state index contributed by atoms with van der Waals surface area (Å²) in [5.74, 6) is 0. The van der Waals surface area contributed by atoms with Gasteiger partial charge in [0.1, 0.15) is 0 Å². The molecule has 24 heavy (non-hydrogen) atoms. The van der Waals surface area contributed by atoms with Crippen LogP contribution in [0.2, 0.25) is 0 Å². The second-order valence-electron chi connectivity index (χ2n) is 7.03. The number of nitrogens with one attached hydrogen (secondary N) is 2. The Labute approximate surface area is 144 Å². The van der Waals surface area contributed by atoms with Crippen LogP contribution in [-0.4, -0.2) is 47.8 Å². The molecule has 2 unspecified atom stereocenters. The Hall–Kier alpha value is -1.59. The average Bonchev–Trinajstić information content (AvgIpc) is 3.27. The highest BCUT2D eigenvalue weighted by Crippen LogP contribution is 2.26. The van der Waals surface area contributed by atoms with Gasteiger partial charge in [-0.3, -0.25) is 4.90 Å². The Morgan fingerprint density at radius 2 is 1.96 bits per heavy atom. The van der Waals surface area contributed by atoms with Crippen molar-refractivity contribution in [1.29, 1.82) is 0 Å². The van der Waals surface area contributed by atoms with Crippen molar-refractivity contribution in [2.24, 2.45) is 0 Å². The second-order valence-corrected chi connectivity index (χ2v) is 7.03. The summed E-state index contributed by atoms with van der Waals surface area (Å²) in [6.07, 6.45) is 6.36. The SMILES string of the molecule is O=C(NCCC(O)c1ccccc1)NC1CCN(C2CCCC2)C1. The predicted molar refractivity (Wildman–Crippen MR) is 94.8 cm³/mol. The minimum Gasteiger partial charge on any atom is -0.388 e. The van der Waals surface area contributed by atoms with Crippen molar-refractivity contribution < 1.29 is 9.90 Å². The smallest absolute Gasteiger partial charge is 0.315 e. The van der Waals surface area contributed by atoms with Gasteiger partial charge in [0, 0.05) is 31.7 Å². The van der Waals surface area contributed by atoms with Crippen molar-refractivity contribution in [2.75, 3.05) is 19.6 Å². The lowest BCUT2D eigenvalue weighted by molar-refractivity contribution is 0.166. The topological polar surface area (TPSA) is 64.6 Å². The highest BCUT2D eigenvalue weighted by molar-refractivity contribution is 5.74. The van der Waals surface area contributed by atoms with E-state index < -0.39 is 6.10 Å². The van der Waals surface area contributed by atoms with Crippen LogP contribution in [0.1, 0.15) is 50.2 Å². The van der Waals surface area contributed by atoms with E-state index in [2.05, 4.69) is 15.5 Å². The van der Waals surface area contributed by atoms with Gasteiger partial charge in [0.05, 0.1) is 6.10 Å². The summed E-state index contributed by atoms with van der Waals surface area (Å²) in [7, 11) is 0. The van der Waals surface area contributed by atoms with E-state index in [1.807, 2.05) is 30.3 Å². The number of aliphatic hydroxyl groups excluding tert-OH is 1. The molecular formula is C19H29N3O2. The zero-order chi connectivity index (χ0) is 16.8. The van der Waals surface area contributed by atoms with Gasteiger partial charge < -0.3 is 15.7 Å². The number of rotatable bonds is 6. The quantitative estimate of drug-likeness (QED) is 0.750. The van der Waals surface area contributed by atoms with E-state index >= 15 is 0 Å². The number of hydrogen-bond donors (Lipinski definition) is 3. The summed E-state index contributed by atoms with van der Waals surface area (Å²) in [5.41, 5.74) is 0.891. The molecule has 5 nitrogen and oxygen atoms in total. The molecule has 0 radical (unpaired) electrons. The number of benzene rings is 1.